The van der Waals surface area contributed by atoms with Crippen LogP contribution in [0.4, 0.5) is 24.0 Å². The molecular weight excluding hydrogens is 423 g/mol. The first-order chi connectivity index (χ1) is 14.2. The standard InChI is InChI=1S/C19H14F3N3O4S/c1-29-16-6-5-13(25(27)28)9-15(16)17(26)24-18-23-10-14(30-18)8-11-3-2-4-12(7-11)19(20,21)22/h2-7,9-10H,8H2,1H3,(H,23,24,26). The number of non-ortho nitro benzene ring substituents is 1. The summed E-state index contributed by atoms with van der Waals surface area (Å²) in [5.41, 5.74) is -0.603. The largest absolute Gasteiger partial charge is 0.496 e. The Bertz CT molecular complexity index is 1100. The molecule has 30 heavy (non-hydrogen) atoms. The highest BCUT2D eigenvalue weighted by Gasteiger charge is 2.30. The SMILES string of the molecule is COc1ccc([N+](=O)[O-])cc1C(=O)Nc1ncc(Cc2cccc(C(F)(F)F)c2)s1. The summed E-state index contributed by atoms with van der Waals surface area (Å²) in [5, 5.41) is 13.7. The monoisotopic (exact) mass is 437 g/mol. The van der Waals surface area contributed by atoms with E-state index in [1.54, 1.807) is 6.07 Å². The number of nitro benzene ring substituents is 1. The van der Waals surface area contributed by atoms with Crippen LogP contribution in [0.1, 0.15) is 26.4 Å². The summed E-state index contributed by atoms with van der Waals surface area (Å²) >= 11 is 1.09. The van der Waals surface area contributed by atoms with Crippen LogP contribution in [0, 0.1) is 10.1 Å². The summed E-state index contributed by atoms with van der Waals surface area (Å²) in [6, 6.07) is 8.57. The number of methoxy groups -OCH3 is 1. The van der Waals surface area contributed by atoms with Crippen molar-refractivity contribution in [3.05, 3.63) is 80.3 Å². The molecule has 0 unspecified atom stereocenters. The Morgan fingerprint density at radius 3 is 2.70 bits per heavy atom. The number of halogens is 3. The zero-order valence-corrected chi connectivity index (χ0v) is 16.2. The van der Waals surface area contributed by atoms with Gasteiger partial charge in [-0.15, -0.1) is 11.3 Å². The second kappa shape index (κ2) is 8.49. The highest BCUT2D eigenvalue weighted by Crippen LogP contribution is 2.31. The van der Waals surface area contributed by atoms with Gasteiger partial charge in [-0.3, -0.25) is 20.2 Å². The van der Waals surface area contributed by atoms with Gasteiger partial charge in [0.25, 0.3) is 11.6 Å². The molecule has 3 aromatic rings. The van der Waals surface area contributed by atoms with Crippen LogP contribution in [-0.2, 0) is 12.6 Å². The molecule has 0 aliphatic rings. The highest BCUT2D eigenvalue weighted by atomic mass is 32.1. The van der Waals surface area contributed by atoms with Crippen LogP contribution in [-0.4, -0.2) is 22.9 Å². The third-order valence-electron chi connectivity index (χ3n) is 4.05. The summed E-state index contributed by atoms with van der Waals surface area (Å²) in [6.45, 7) is 0. The number of nitrogens with zero attached hydrogens (tertiary/aromatic N) is 2. The maximum atomic E-state index is 12.8. The van der Waals surface area contributed by atoms with Crippen molar-refractivity contribution >= 4 is 28.1 Å². The molecule has 1 amide bonds. The van der Waals surface area contributed by atoms with Gasteiger partial charge in [-0.05, 0) is 17.7 Å². The summed E-state index contributed by atoms with van der Waals surface area (Å²) in [5.74, 6) is -0.505. The molecule has 2 aromatic carbocycles. The molecular formula is C19H14F3N3O4S. The molecule has 0 saturated heterocycles. The number of ether oxygens (including phenoxy) is 1. The van der Waals surface area contributed by atoms with Gasteiger partial charge in [-0.1, -0.05) is 18.2 Å². The fourth-order valence-corrected chi connectivity index (χ4v) is 3.50. The normalized spacial score (nSPS) is 11.2. The zero-order chi connectivity index (χ0) is 21.9. The van der Waals surface area contributed by atoms with Crippen molar-refractivity contribution in [1.82, 2.24) is 4.98 Å². The van der Waals surface area contributed by atoms with E-state index < -0.39 is 22.6 Å². The molecule has 1 aromatic heterocycles. The van der Waals surface area contributed by atoms with Gasteiger partial charge in [0.15, 0.2) is 5.13 Å². The maximum absolute atomic E-state index is 12.8. The predicted molar refractivity (Wildman–Crippen MR) is 104 cm³/mol. The molecule has 0 atom stereocenters. The van der Waals surface area contributed by atoms with Crippen molar-refractivity contribution in [3.8, 4) is 5.75 Å². The lowest BCUT2D eigenvalue weighted by atomic mass is 10.1. The zero-order valence-electron chi connectivity index (χ0n) is 15.4. The number of hydrogen-bond donors (Lipinski definition) is 1. The first kappa shape index (κ1) is 21.2. The van der Waals surface area contributed by atoms with Crippen molar-refractivity contribution in [1.29, 1.82) is 0 Å². The number of carbonyl (C=O) groups excluding carboxylic acids is 1. The van der Waals surface area contributed by atoms with Crippen LogP contribution in [0.5, 0.6) is 5.75 Å². The van der Waals surface area contributed by atoms with Crippen LogP contribution in [0.25, 0.3) is 0 Å². The van der Waals surface area contributed by atoms with Gasteiger partial charge in [-0.25, -0.2) is 4.98 Å². The summed E-state index contributed by atoms with van der Waals surface area (Å²) in [4.78, 5) is 27.5. The molecule has 0 saturated carbocycles. The maximum Gasteiger partial charge on any atom is 0.416 e. The van der Waals surface area contributed by atoms with Gasteiger partial charge in [0, 0.05) is 29.6 Å². The van der Waals surface area contributed by atoms with E-state index >= 15 is 0 Å². The molecule has 0 bridgehead atoms. The van der Waals surface area contributed by atoms with E-state index in [1.807, 2.05) is 0 Å². The van der Waals surface area contributed by atoms with Crippen LogP contribution < -0.4 is 10.1 Å². The molecule has 0 radical (unpaired) electrons. The number of hydrogen-bond acceptors (Lipinski definition) is 6. The number of nitro groups is 1. The lowest BCUT2D eigenvalue weighted by Crippen LogP contribution is -2.13. The van der Waals surface area contributed by atoms with E-state index in [2.05, 4.69) is 10.3 Å². The Balaban J connectivity index is 1.75. The molecule has 0 aliphatic heterocycles. The van der Waals surface area contributed by atoms with Crippen LogP contribution >= 0.6 is 11.3 Å². The molecule has 156 valence electrons. The molecule has 3 rings (SSSR count). The van der Waals surface area contributed by atoms with Gasteiger partial charge in [0.2, 0.25) is 0 Å². The van der Waals surface area contributed by atoms with E-state index in [4.69, 9.17) is 4.74 Å². The minimum absolute atomic E-state index is 0.0404. The molecule has 0 fully saturated rings. The third kappa shape index (κ3) is 4.92. The Hall–Kier alpha value is -3.47. The van der Waals surface area contributed by atoms with Crippen molar-refractivity contribution in [3.63, 3.8) is 0 Å². The van der Waals surface area contributed by atoms with E-state index in [0.29, 0.717) is 10.4 Å². The average molecular weight is 437 g/mol. The smallest absolute Gasteiger partial charge is 0.416 e. The Morgan fingerprint density at radius 1 is 1.27 bits per heavy atom. The first-order valence-electron chi connectivity index (χ1n) is 8.42. The van der Waals surface area contributed by atoms with Crippen LogP contribution in [0.15, 0.2) is 48.7 Å². The second-order valence-corrected chi connectivity index (χ2v) is 7.22. The number of aromatic nitrogens is 1. The molecule has 0 aliphatic carbocycles. The topological polar surface area (TPSA) is 94.4 Å². The highest BCUT2D eigenvalue weighted by molar-refractivity contribution is 7.15. The van der Waals surface area contributed by atoms with Crippen LogP contribution in [0.3, 0.4) is 0 Å². The fraction of sp³-hybridized carbons (Fsp3) is 0.158. The second-order valence-electron chi connectivity index (χ2n) is 6.10. The Morgan fingerprint density at radius 2 is 2.03 bits per heavy atom. The van der Waals surface area contributed by atoms with Gasteiger partial charge < -0.3 is 4.74 Å². The van der Waals surface area contributed by atoms with Gasteiger partial charge >= 0.3 is 6.18 Å². The summed E-state index contributed by atoms with van der Waals surface area (Å²) < 4.78 is 43.6. The van der Waals surface area contributed by atoms with Crippen molar-refractivity contribution in [2.45, 2.75) is 12.6 Å². The minimum Gasteiger partial charge on any atom is -0.496 e. The number of rotatable bonds is 6. The quantitative estimate of drug-likeness (QED) is 0.436. The summed E-state index contributed by atoms with van der Waals surface area (Å²) in [6.07, 6.45) is -2.77. The molecule has 1 N–H and O–H groups in total. The minimum atomic E-state index is -4.43. The van der Waals surface area contributed by atoms with E-state index in [9.17, 15) is 28.1 Å². The third-order valence-corrected chi connectivity index (χ3v) is 4.96. The molecule has 0 spiro atoms. The van der Waals surface area contributed by atoms with Crippen molar-refractivity contribution in [2.75, 3.05) is 12.4 Å². The van der Waals surface area contributed by atoms with Gasteiger partial charge in [0.05, 0.1) is 23.2 Å². The van der Waals surface area contributed by atoms with E-state index in [-0.39, 0.29) is 28.6 Å². The lowest BCUT2D eigenvalue weighted by Gasteiger charge is -2.08. The van der Waals surface area contributed by atoms with Crippen LogP contribution in [0.2, 0.25) is 0 Å². The number of alkyl halides is 3. The number of anilines is 1. The average Bonchev–Trinajstić information content (AvgIpc) is 3.13. The van der Waals surface area contributed by atoms with Crippen molar-refractivity contribution in [2.24, 2.45) is 0 Å². The Labute approximate surface area is 172 Å². The first-order valence-corrected chi connectivity index (χ1v) is 9.23. The Kier molecular flexibility index (Phi) is 6.01. The van der Waals surface area contributed by atoms with Gasteiger partial charge in [-0.2, -0.15) is 13.2 Å². The molecule has 11 heteroatoms. The van der Waals surface area contributed by atoms with Crippen molar-refractivity contribution < 1.29 is 27.6 Å². The number of thiazole rings is 1. The number of nitrogens with one attached hydrogen (secondary N) is 1. The number of benzene rings is 2. The lowest BCUT2D eigenvalue weighted by molar-refractivity contribution is -0.384. The fourth-order valence-electron chi connectivity index (χ4n) is 2.66. The van der Waals surface area contributed by atoms with Gasteiger partial charge in [0.1, 0.15) is 5.75 Å². The molecule has 7 nitrogen and oxygen atoms in total. The number of amides is 1. The number of carbonyl (C=O) groups is 1. The molecule has 1 heterocycles. The summed E-state index contributed by atoms with van der Waals surface area (Å²) in [7, 11) is 1.33. The van der Waals surface area contributed by atoms with E-state index in [1.165, 1.54) is 31.5 Å². The predicted octanol–water partition coefficient (Wildman–Crippen LogP) is 4.92. The van der Waals surface area contributed by atoms with E-state index in [0.717, 1.165) is 29.5 Å².